The zero-order valence-electron chi connectivity index (χ0n) is 8.67. The molecule has 0 aliphatic carbocycles. The predicted molar refractivity (Wildman–Crippen MR) is 61.2 cm³/mol. The van der Waals surface area contributed by atoms with Gasteiger partial charge in [-0.3, -0.25) is 0 Å². The summed E-state index contributed by atoms with van der Waals surface area (Å²) in [4.78, 5) is 0. The average Bonchev–Trinajstić information content (AvgIpc) is 2.15. The minimum atomic E-state index is -0.509. The lowest BCUT2D eigenvalue weighted by Crippen LogP contribution is -2.04. The van der Waals surface area contributed by atoms with Crippen molar-refractivity contribution in [2.24, 2.45) is 0 Å². The highest BCUT2D eigenvalue weighted by Gasteiger charge is 2.15. The highest BCUT2D eigenvalue weighted by atomic mass is 79.9. The molecule has 3 heteroatoms. The number of methoxy groups -OCH3 is 1. The van der Waals surface area contributed by atoms with Crippen molar-refractivity contribution in [1.82, 2.24) is 0 Å². The average molecular weight is 259 g/mol. The third-order valence-corrected chi connectivity index (χ3v) is 2.81. The van der Waals surface area contributed by atoms with E-state index in [2.05, 4.69) is 15.9 Å². The molecule has 0 bridgehead atoms. The van der Waals surface area contributed by atoms with Gasteiger partial charge < -0.3 is 9.84 Å². The van der Waals surface area contributed by atoms with Crippen LogP contribution in [0.1, 0.15) is 22.8 Å². The van der Waals surface area contributed by atoms with Crippen LogP contribution < -0.4 is 4.74 Å². The third kappa shape index (κ3) is 2.28. The first-order valence-electron chi connectivity index (χ1n) is 4.49. The Morgan fingerprint density at radius 3 is 2.57 bits per heavy atom. The molecule has 1 atom stereocenters. The summed E-state index contributed by atoms with van der Waals surface area (Å²) >= 11 is 3.26. The topological polar surface area (TPSA) is 29.5 Å². The van der Waals surface area contributed by atoms with Crippen molar-refractivity contribution in [3.05, 3.63) is 28.8 Å². The molecule has 0 saturated heterocycles. The quantitative estimate of drug-likeness (QED) is 0.846. The van der Waals surface area contributed by atoms with Gasteiger partial charge in [0.25, 0.3) is 0 Å². The van der Waals surface area contributed by atoms with Gasteiger partial charge >= 0.3 is 0 Å². The molecule has 1 aromatic rings. The second-order valence-corrected chi connectivity index (χ2v) is 4.02. The van der Waals surface area contributed by atoms with E-state index in [0.29, 0.717) is 5.33 Å². The van der Waals surface area contributed by atoms with Gasteiger partial charge in [-0.05, 0) is 31.0 Å². The smallest absolute Gasteiger partial charge is 0.125 e. The summed E-state index contributed by atoms with van der Waals surface area (Å²) in [7, 11) is 1.62. The first-order valence-corrected chi connectivity index (χ1v) is 5.61. The van der Waals surface area contributed by atoms with Crippen LogP contribution in [0.15, 0.2) is 12.1 Å². The number of hydrogen-bond donors (Lipinski definition) is 1. The molecule has 0 spiro atoms. The minimum absolute atomic E-state index is 0.509. The predicted octanol–water partition coefficient (Wildman–Crippen LogP) is 2.74. The van der Waals surface area contributed by atoms with Gasteiger partial charge in [-0.25, -0.2) is 0 Å². The zero-order valence-corrected chi connectivity index (χ0v) is 10.3. The molecule has 2 nitrogen and oxygen atoms in total. The van der Waals surface area contributed by atoms with E-state index in [-0.39, 0.29) is 0 Å². The van der Waals surface area contributed by atoms with Crippen LogP contribution in [-0.4, -0.2) is 17.5 Å². The fourth-order valence-electron chi connectivity index (χ4n) is 1.61. The van der Waals surface area contributed by atoms with E-state index < -0.39 is 6.10 Å². The third-order valence-electron chi connectivity index (χ3n) is 2.19. The summed E-state index contributed by atoms with van der Waals surface area (Å²) in [6.45, 7) is 4.00. The van der Waals surface area contributed by atoms with E-state index in [4.69, 9.17) is 4.74 Å². The second-order valence-electron chi connectivity index (χ2n) is 3.37. The van der Waals surface area contributed by atoms with Crippen LogP contribution in [0.2, 0.25) is 0 Å². The summed E-state index contributed by atoms with van der Waals surface area (Å²) in [6, 6.07) is 3.98. The van der Waals surface area contributed by atoms with Crippen molar-refractivity contribution >= 4 is 15.9 Å². The summed E-state index contributed by atoms with van der Waals surface area (Å²) in [5.74, 6) is 0.759. The lowest BCUT2D eigenvalue weighted by atomic mass is 10.0. The number of ether oxygens (including phenoxy) is 1. The van der Waals surface area contributed by atoms with Crippen molar-refractivity contribution in [2.75, 3.05) is 12.4 Å². The van der Waals surface area contributed by atoms with Gasteiger partial charge in [-0.2, -0.15) is 0 Å². The Hall–Kier alpha value is -0.540. The van der Waals surface area contributed by atoms with Crippen molar-refractivity contribution in [1.29, 1.82) is 0 Å². The first kappa shape index (κ1) is 11.5. The Morgan fingerprint density at radius 2 is 2.07 bits per heavy atom. The largest absolute Gasteiger partial charge is 0.496 e. The van der Waals surface area contributed by atoms with Gasteiger partial charge in [0.15, 0.2) is 0 Å². The van der Waals surface area contributed by atoms with E-state index in [1.807, 2.05) is 26.0 Å². The molecule has 14 heavy (non-hydrogen) atoms. The van der Waals surface area contributed by atoms with Crippen molar-refractivity contribution in [3.8, 4) is 5.75 Å². The molecule has 1 unspecified atom stereocenters. The SMILES string of the molecule is COc1cc(C)cc(C)c1C(O)CBr. The number of alkyl halides is 1. The number of aryl methyl sites for hydroxylation is 2. The lowest BCUT2D eigenvalue weighted by Gasteiger charge is -2.16. The van der Waals surface area contributed by atoms with Crippen LogP contribution in [0.25, 0.3) is 0 Å². The van der Waals surface area contributed by atoms with Crippen molar-refractivity contribution in [3.63, 3.8) is 0 Å². The standard InChI is InChI=1S/C11H15BrO2/c1-7-4-8(2)11(9(13)6-12)10(5-7)14-3/h4-5,9,13H,6H2,1-3H3. The molecule has 0 aromatic heterocycles. The lowest BCUT2D eigenvalue weighted by molar-refractivity contribution is 0.199. The van der Waals surface area contributed by atoms with Crippen molar-refractivity contribution in [2.45, 2.75) is 20.0 Å². The maximum absolute atomic E-state index is 9.79. The minimum Gasteiger partial charge on any atom is -0.496 e. The van der Waals surface area contributed by atoms with E-state index >= 15 is 0 Å². The van der Waals surface area contributed by atoms with Gasteiger partial charge in [0.2, 0.25) is 0 Å². The summed E-state index contributed by atoms with van der Waals surface area (Å²) < 4.78 is 5.25. The fourth-order valence-corrected chi connectivity index (χ4v) is 1.94. The zero-order chi connectivity index (χ0) is 10.7. The summed E-state index contributed by atoms with van der Waals surface area (Å²) in [5.41, 5.74) is 3.08. The van der Waals surface area contributed by atoms with E-state index in [1.54, 1.807) is 7.11 Å². The molecule has 0 radical (unpaired) electrons. The molecule has 1 rings (SSSR count). The number of rotatable bonds is 3. The Bertz CT molecular complexity index is 323. The maximum Gasteiger partial charge on any atom is 0.125 e. The highest BCUT2D eigenvalue weighted by Crippen LogP contribution is 2.30. The summed E-state index contributed by atoms with van der Waals surface area (Å²) in [5, 5.41) is 10.3. The normalized spacial score (nSPS) is 12.6. The monoisotopic (exact) mass is 258 g/mol. The number of aliphatic hydroxyl groups excluding tert-OH is 1. The molecule has 78 valence electrons. The van der Waals surface area contributed by atoms with E-state index in [0.717, 1.165) is 22.4 Å². The molecule has 0 aliphatic rings. The molecule has 0 heterocycles. The van der Waals surface area contributed by atoms with Crippen LogP contribution >= 0.6 is 15.9 Å². The van der Waals surface area contributed by atoms with Gasteiger partial charge in [-0.15, -0.1) is 0 Å². The number of halogens is 1. The van der Waals surface area contributed by atoms with Gasteiger partial charge in [-0.1, -0.05) is 22.0 Å². The van der Waals surface area contributed by atoms with Crippen LogP contribution in [-0.2, 0) is 0 Å². The van der Waals surface area contributed by atoms with Crippen molar-refractivity contribution < 1.29 is 9.84 Å². The molecule has 0 amide bonds. The van der Waals surface area contributed by atoms with E-state index in [9.17, 15) is 5.11 Å². The van der Waals surface area contributed by atoms with Gasteiger partial charge in [0.1, 0.15) is 5.75 Å². The maximum atomic E-state index is 9.79. The van der Waals surface area contributed by atoms with E-state index in [1.165, 1.54) is 0 Å². The fraction of sp³-hybridized carbons (Fsp3) is 0.455. The first-order chi connectivity index (χ1) is 6.60. The summed E-state index contributed by atoms with van der Waals surface area (Å²) in [6.07, 6.45) is -0.509. The molecular formula is C11H15BrO2. The number of aliphatic hydroxyl groups is 1. The molecule has 0 fully saturated rings. The van der Waals surface area contributed by atoms with Crippen LogP contribution in [0.4, 0.5) is 0 Å². The number of hydrogen-bond acceptors (Lipinski definition) is 2. The Balaban J connectivity index is 3.24. The van der Waals surface area contributed by atoms with Crippen LogP contribution in [0.3, 0.4) is 0 Å². The molecular weight excluding hydrogens is 244 g/mol. The number of benzene rings is 1. The molecule has 1 aromatic carbocycles. The second kappa shape index (κ2) is 4.80. The van der Waals surface area contributed by atoms with Gasteiger partial charge in [0, 0.05) is 10.9 Å². The van der Waals surface area contributed by atoms with Crippen LogP contribution in [0, 0.1) is 13.8 Å². The highest BCUT2D eigenvalue weighted by molar-refractivity contribution is 9.09. The molecule has 1 N–H and O–H groups in total. The molecule has 0 saturated carbocycles. The molecule has 0 aliphatic heterocycles. The Morgan fingerprint density at radius 1 is 1.43 bits per heavy atom. The Kier molecular flexibility index (Phi) is 3.96. The van der Waals surface area contributed by atoms with Gasteiger partial charge in [0.05, 0.1) is 13.2 Å². The Labute approximate surface area is 93.0 Å². The van der Waals surface area contributed by atoms with Crippen LogP contribution in [0.5, 0.6) is 5.75 Å².